The molecule has 2 aliphatic rings. The van der Waals surface area contributed by atoms with Crippen molar-refractivity contribution in [2.75, 3.05) is 19.8 Å². The van der Waals surface area contributed by atoms with Crippen molar-refractivity contribution in [3.05, 3.63) is 35.7 Å². The van der Waals surface area contributed by atoms with Gasteiger partial charge in [-0.25, -0.2) is 4.98 Å². The monoisotopic (exact) mass is 357 g/mol. The summed E-state index contributed by atoms with van der Waals surface area (Å²) in [7, 11) is 1.80. The van der Waals surface area contributed by atoms with Gasteiger partial charge in [-0.3, -0.25) is 9.48 Å². The fourth-order valence-corrected chi connectivity index (χ4v) is 3.85. The van der Waals surface area contributed by atoms with Crippen molar-refractivity contribution in [2.24, 2.45) is 13.0 Å². The smallest absolute Gasteiger partial charge is 0.272 e. The number of amides is 1. The molecule has 0 radical (unpaired) electrons. The molecule has 7 nitrogen and oxygen atoms in total. The molecule has 140 valence electrons. The molecule has 7 heteroatoms. The molecule has 4 rings (SSSR count). The lowest BCUT2D eigenvalue weighted by molar-refractivity contribution is 0.0616. The number of aromatic nitrogens is 4. The normalized spacial score (nSPS) is 20.1. The van der Waals surface area contributed by atoms with E-state index < -0.39 is 0 Å². The van der Waals surface area contributed by atoms with Crippen LogP contribution >= 0.6 is 0 Å². The van der Waals surface area contributed by atoms with Crippen LogP contribution in [0.2, 0.25) is 0 Å². The van der Waals surface area contributed by atoms with Crippen molar-refractivity contribution in [3.8, 4) is 0 Å². The number of rotatable bonds is 6. The molecule has 2 aromatic heterocycles. The average molecular weight is 357 g/mol. The summed E-state index contributed by atoms with van der Waals surface area (Å²) in [5.74, 6) is 1.75. The Labute approximate surface area is 154 Å². The van der Waals surface area contributed by atoms with Crippen LogP contribution in [0, 0.1) is 5.92 Å². The van der Waals surface area contributed by atoms with Crippen LogP contribution in [0.1, 0.15) is 54.2 Å². The number of nitrogens with zero attached hydrogens (tertiary/aromatic N) is 5. The zero-order valence-electron chi connectivity index (χ0n) is 15.6. The number of hydrogen-bond acceptors (Lipinski definition) is 4. The number of carbonyl (C=O) groups excluding carboxylic acids is 1. The maximum atomic E-state index is 12.8. The summed E-state index contributed by atoms with van der Waals surface area (Å²) < 4.78 is 9.72. The Balaban J connectivity index is 1.39. The number of hydrogen-bond donors (Lipinski definition) is 0. The van der Waals surface area contributed by atoms with E-state index in [9.17, 15) is 4.79 Å². The van der Waals surface area contributed by atoms with E-state index in [2.05, 4.69) is 14.6 Å². The third-order valence-corrected chi connectivity index (χ3v) is 5.76. The average Bonchev–Trinajstić information content (AvgIpc) is 3.19. The molecule has 1 aliphatic heterocycles. The van der Waals surface area contributed by atoms with Gasteiger partial charge in [-0.05, 0) is 31.7 Å². The minimum Gasteiger partial charge on any atom is -0.381 e. The van der Waals surface area contributed by atoms with E-state index in [0.29, 0.717) is 12.2 Å². The quantitative estimate of drug-likeness (QED) is 0.744. The van der Waals surface area contributed by atoms with E-state index in [1.165, 1.54) is 25.0 Å². The molecule has 0 spiro atoms. The van der Waals surface area contributed by atoms with Gasteiger partial charge in [0.15, 0.2) is 0 Å². The molecular formula is C19H27N5O2. The van der Waals surface area contributed by atoms with Crippen molar-refractivity contribution in [3.63, 3.8) is 0 Å². The highest BCUT2D eigenvalue weighted by molar-refractivity contribution is 5.92. The van der Waals surface area contributed by atoms with Gasteiger partial charge in [-0.15, -0.1) is 0 Å². The molecule has 0 N–H and O–H groups in total. The zero-order valence-corrected chi connectivity index (χ0v) is 15.6. The van der Waals surface area contributed by atoms with Gasteiger partial charge < -0.3 is 14.2 Å². The maximum Gasteiger partial charge on any atom is 0.272 e. The minimum absolute atomic E-state index is 0.0112. The van der Waals surface area contributed by atoms with Crippen LogP contribution in [0.15, 0.2) is 18.5 Å². The molecule has 0 unspecified atom stereocenters. The Morgan fingerprint density at radius 1 is 1.35 bits per heavy atom. The predicted octanol–water partition coefficient (Wildman–Crippen LogP) is 2.19. The molecule has 1 amide bonds. The number of carbonyl (C=O) groups is 1. The Hall–Kier alpha value is -2.15. The van der Waals surface area contributed by atoms with Gasteiger partial charge in [-0.1, -0.05) is 6.42 Å². The Morgan fingerprint density at radius 3 is 2.88 bits per heavy atom. The van der Waals surface area contributed by atoms with Crippen LogP contribution in [0.25, 0.3) is 0 Å². The molecule has 3 heterocycles. The number of fused-ring (bicyclic) bond motifs is 1. The van der Waals surface area contributed by atoms with Crippen molar-refractivity contribution in [2.45, 2.75) is 45.2 Å². The molecule has 26 heavy (non-hydrogen) atoms. The van der Waals surface area contributed by atoms with E-state index >= 15 is 0 Å². The van der Waals surface area contributed by atoms with Crippen LogP contribution < -0.4 is 0 Å². The minimum atomic E-state index is -0.0456. The summed E-state index contributed by atoms with van der Waals surface area (Å²) in [5.41, 5.74) is 1.81. The van der Waals surface area contributed by atoms with Crippen molar-refractivity contribution in [1.29, 1.82) is 0 Å². The highest BCUT2D eigenvalue weighted by Crippen LogP contribution is 2.28. The first-order chi connectivity index (χ1) is 12.6. The fraction of sp³-hybridized carbons (Fsp3) is 0.632. The molecule has 2 aromatic rings. The van der Waals surface area contributed by atoms with E-state index in [1.807, 2.05) is 18.0 Å². The van der Waals surface area contributed by atoms with Crippen LogP contribution in [-0.2, 0) is 24.8 Å². The van der Waals surface area contributed by atoms with Crippen LogP contribution in [0.4, 0.5) is 0 Å². The lowest BCUT2D eigenvalue weighted by atomic mass is 9.86. The maximum absolute atomic E-state index is 12.8. The van der Waals surface area contributed by atoms with Gasteiger partial charge in [0.2, 0.25) is 0 Å². The van der Waals surface area contributed by atoms with E-state index in [4.69, 9.17) is 4.74 Å². The second kappa shape index (κ2) is 7.23. The topological polar surface area (TPSA) is 65.2 Å². The predicted molar refractivity (Wildman–Crippen MR) is 96.8 cm³/mol. The first kappa shape index (κ1) is 17.3. The number of imidazole rings is 1. The summed E-state index contributed by atoms with van der Waals surface area (Å²) in [5, 5.41) is 4.10. The van der Waals surface area contributed by atoms with Gasteiger partial charge in [0, 0.05) is 51.3 Å². The lowest BCUT2D eigenvalue weighted by Crippen LogP contribution is -2.42. The second-order valence-corrected chi connectivity index (χ2v) is 7.40. The second-order valence-electron chi connectivity index (χ2n) is 7.40. The first-order valence-electron chi connectivity index (χ1n) is 9.56. The molecule has 0 saturated heterocycles. The molecule has 1 aliphatic carbocycles. The highest BCUT2D eigenvalue weighted by atomic mass is 16.5. The number of aryl methyl sites for hydroxylation is 1. The van der Waals surface area contributed by atoms with Crippen LogP contribution in [0.3, 0.4) is 0 Å². The third-order valence-electron chi connectivity index (χ3n) is 5.76. The summed E-state index contributed by atoms with van der Waals surface area (Å²) in [4.78, 5) is 19.3. The Bertz CT molecular complexity index is 777. The molecular weight excluding hydrogens is 330 g/mol. The largest absolute Gasteiger partial charge is 0.381 e. The molecule has 1 fully saturated rings. The van der Waals surface area contributed by atoms with Gasteiger partial charge in [0.25, 0.3) is 5.91 Å². The van der Waals surface area contributed by atoms with E-state index in [1.54, 1.807) is 24.0 Å². The summed E-state index contributed by atoms with van der Waals surface area (Å²) in [6, 6.07) is 1.72. The van der Waals surface area contributed by atoms with Crippen molar-refractivity contribution < 1.29 is 9.53 Å². The van der Waals surface area contributed by atoms with Crippen LogP contribution in [0.5, 0.6) is 0 Å². The first-order valence-corrected chi connectivity index (χ1v) is 9.56. The van der Waals surface area contributed by atoms with E-state index in [0.717, 1.165) is 37.9 Å². The standard InChI is InChI=1S/C19H27N5O2/c1-14-18-20-12-16(7-11-26-13-15-4-3-5-15)24(18)10-9-23(14)19(25)17-6-8-21-22(17)2/h6,8,12,14-15H,3-5,7,9-11,13H2,1-2H3/t14-/m0/s1. The zero-order chi connectivity index (χ0) is 18.1. The lowest BCUT2D eigenvalue weighted by Gasteiger charge is -2.34. The number of ether oxygens (including phenoxy) is 1. The van der Waals surface area contributed by atoms with Crippen LogP contribution in [-0.4, -0.2) is 49.9 Å². The SMILES string of the molecule is C[C@H]1c2ncc(CCOCC3CCC3)n2CCN1C(=O)c1ccnn1C. The van der Waals surface area contributed by atoms with Gasteiger partial charge >= 0.3 is 0 Å². The van der Waals surface area contributed by atoms with Gasteiger partial charge in [0.1, 0.15) is 11.5 Å². The molecule has 0 bridgehead atoms. The Kier molecular flexibility index (Phi) is 4.80. The summed E-state index contributed by atoms with van der Waals surface area (Å²) in [6.07, 6.45) is 8.47. The molecule has 1 atom stereocenters. The molecule has 0 aromatic carbocycles. The van der Waals surface area contributed by atoms with Crippen molar-refractivity contribution in [1.82, 2.24) is 24.2 Å². The van der Waals surface area contributed by atoms with Crippen molar-refractivity contribution >= 4 is 5.91 Å². The van der Waals surface area contributed by atoms with E-state index in [-0.39, 0.29) is 11.9 Å². The highest BCUT2D eigenvalue weighted by Gasteiger charge is 2.31. The molecule has 1 saturated carbocycles. The van der Waals surface area contributed by atoms with Gasteiger partial charge in [0.05, 0.1) is 12.6 Å². The summed E-state index contributed by atoms with van der Waals surface area (Å²) >= 11 is 0. The summed E-state index contributed by atoms with van der Waals surface area (Å²) in [6.45, 7) is 5.15. The third kappa shape index (κ3) is 3.16. The Morgan fingerprint density at radius 2 is 2.19 bits per heavy atom. The van der Waals surface area contributed by atoms with Gasteiger partial charge in [-0.2, -0.15) is 5.10 Å². The fourth-order valence-electron chi connectivity index (χ4n) is 3.85.